The van der Waals surface area contributed by atoms with Gasteiger partial charge in [0.05, 0.1) is 0 Å². The van der Waals surface area contributed by atoms with E-state index in [1.54, 1.807) is 41.5 Å². The number of carbonyl (C=O) groups excluding carboxylic acids is 2. The second-order valence-corrected chi connectivity index (χ2v) is 8.13. The van der Waals surface area contributed by atoms with E-state index in [-0.39, 0.29) is 0 Å². The number of rotatable bonds is 4. The summed E-state index contributed by atoms with van der Waals surface area (Å²) >= 11 is -0.486. The zero-order valence-electron chi connectivity index (χ0n) is 17.3. The minimum absolute atomic E-state index is 0.477. The SMILES string of the molecule is CC(C)(C)NC(=O)C(=O)O.CC(C)(C)NC(=O)C(=O)O.CC[O][Ti][O]CC. The van der Waals surface area contributed by atoms with Crippen molar-refractivity contribution in [3.63, 3.8) is 0 Å². The fourth-order valence-electron chi connectivity index (χ4n) is 0.948. The molecule has 0 heterocycles. The summed E-state index contributed by atoms with van der Waals surface area (Å²) in [7, 11) is 0. The summed E-state index contributed by atoms with van der Waals surface area (Å²) in [6.07, 6.45) is 0. The first-order valence-corrected chi connectivity index (χ1v) is 9.44. The maximum atomic E-state index is 10.4. The Morgan fingerprint density at radius 1 is 0.741 bits per heavy atom. The molecule has 0 aliphatic heterocycles. The molecular weight excluding hydrogens is 396 g/mol. The van der Waals surface area contributed by atoms with Gasteiger partial charge in [0.2, 0.25) is 0 Å². The number of nitrogens with one attached hydrogen (secondary N) is 2. The van der Waals surface area contributed by atoms with Crippen LogP contribution in [0.4, 0.5) is 0 Å². The molecule has 0 aromatic carbocycles. The van der Waals surface area contributed by atoms with Crippen molar-refractivity contribution in [2.45, 2.75) is 66.5 Å². The molecule has 27 heavy (non-hydrogen) atoms. The number of amides is 2. The molecule has 0 fully saturated rings. The predicted molar refractivity (Wildman–Crippen MR) is 94.3 cm³/mol. The van der Waals surface area contributed by atoms with E-state index >= 15 is 0 Å². The average molecular weight is 428 g/mol. The number of carbonyl (C=O) groups is 4. The average Bonchev–Trinajstić information content (AvgIpc) is 2.45. The van der Waals surface area contributed by atoms with Crippen LogP contribution < -0.4 is 10.6 Å². The third kappa shape index (κ3) is 29.5. The standard InChI is InChI=1S/2C6H11NO3.2C2H5O.Ti/c2*1-6(2,3)7-4(8)5(9)10;2*1-2-3;/h2*1-3H3,(H,7,8)(H,9,10);2*2H2,1H3;/q;;2*-1;+2. The van der Waals surface area contributed by atoms with Gasteiger partial charge >= 0.3 is 77.4 Å². The van der Waals surface area contributed by atoms with Gasteiger partial charge in [-0.05, 0) is 41.5 Å². The van der Waals surface area contributed by atoms with Crippen molar-refractivity contribution < 1.29 is 56.0 Å². The fraction of sp³-hybridized carbons (Fsp3) is 0.750. The van der Waals surface area contributed by atoms with Crippen LogP contribution in [0.5, 0.6) is 0 Å². The summed E-state index contributed by atoms with van der Waals surface area (Å²) in [6.45, 7) is 15.8. The molecule has 10 nitrogen and oxygen atoms in total. The zero-order valence-corrected chi connectivity index (χ0v) is 18.8. The number of hydrogen-bond acceptors (Lipinski definition) is 6. The van der Waals surface area contributed by atoms with Crippen molar-refractivity contribution in [2.75, 3.05) is 13.2 Å². The molecule has 0 unspecified atom stereocenters. The summed E-state index contributed by atoms with van der Waals surface area (Å²) in [6, 6.07) is 0. The quantitative estimate of drug-likeness (QED) is 0.293. The Hall–Kier alpha value is -1.49. The predicted octanol–water partition coefficient (Wildman–Crippen LogP) is 0.943. The van der Waals surface area contributed by atoms with Gasteiger partial charge in [-0.3, -0.25) is 9.59 Å². The maximum absolute atomic E-state index is 10.4. The Morgan fingerprint density at radius 2 is 1.00 bits per heavy atom. The van der Waals surface area contributed by atoms with Crippen LogP contribution in [-0.2, 0) is 45.7 Å². The molecule has 11 heteroatoms. The Balaban J connectivity index is -0.000000326. The van der Waals surface area contributed by atoms with Crippen molar-refractivity contribution in [2.24, 2.45) is 0 Å². The van der Waals surface area contributed by atoms with Crippen LogP contribution >= 0.6 is 0 Å². The van der Waals surface area contributed by atoms with E-state index < -0.39 is 54.8 Å². The summed E-state index contributed by atoms with van der Waals surface area (Å²) in [4.78, 5) is 40.8. The second-order valence-electron chi connectivity index (χ2n) is 6.97. The molecule has 0 radical (unpaired) electrons. The molecule has 0 spiro atoms. The number of carboxylic acids is 2. The Bertz CT molecular complexity index is 428. The van der Waals surface area contributed by atoms with Gasteiger partial charge in [0, 0.05) is 11.1 Å². The normalized spacial score (nSPS) is 10.2. The van der Waals surface area contributed by atoms with Crippen LogP contribution in [-0.4, -0.2) is 58.3 Å². The molecule has 0 aliphatic rings. The van der Waals surface area contributed by atoms with E-state index in [9.17, 15) is 19.2 Å². The molecule has 0 rings (SSSR count). The van der Waals surface area contributed by atoms with Crippen LogP contribution in [0.15, 0.2) is 0 Å². The number of aliphatic carboxylic acids is 2. The Labute approximate surface area is 170 Å². The number of hydrogen-bond donors (Lipinski definition) is 4. The summed E-state index contributed by atoms with van der Waals surface area (Å²) in [5.74, 6) is -4.83. The van der Waals surface area contributed by atoms with Crippen molar-refractivity contribution >= 4 is 23.8 Å². The summed E-state index contributed by atoms with van der Waals surface area (Å²) in [5.41, 5.74) is -0.953. The number of carboxylic acid groups (broad SMARTS) is 2. The summed E-state index contributed by atoms with van der Waals surface area (Å²) < 4.78 is 9.95. The first-order valence-electron chi connectivity index (χ1n) is 8.16. The molecule has 0 saturated carbocycles. The Morgan fingerprint density at radius 3 is 1.11 bits per heavy atom. The first kappa shape index (κ1) is 30.2. The van der Waals surface area contributed by atoms with Gasteiger partial charge in [0.1, 0.15) is 0 Å². The van der Waals surface area contributed by atoms with Crippen LogP contribution in [0.3, 0.4) is 0 Å². The summed E-state index contributed by atoms with van der Waals surface area (Å²) in [5, 5.41) is 20.8. The van der Waals surface area contributed by atoms with Gasteiger partial charge in [0.15, 0.2) is 0 Å². The molecule has 0 aliphatic carbocycles. The Kier molecular flexibility index (Phi) is 17.4. The van der Waals surface area contributed by atoms with E-state index in [1.165, 1.54) is 0 Å². The van der Waals surface area contributed by atoms with Crippen molar-refractivity contribution in [1.29, 1.82) is 0 Å². The van der Waals surface area contributed by atoms with Crippen LogP contribution in [0.2, 0.25) is 0 Å². The van der Waals surface area contributed by atoms with E-state index in [4.69, 9.17) is 16.8 Å². The monoisotopic (exact) mass is 428 g/mol. The van der Waals surface area contributed by atoms with Crippen molar-refractivity contribution in [3.8, 4) is 0 Å². The van der Waals surface area contributed by atoms with Gasteiger partial charge in [-0.15, -0.1) is 0 Å². The van der Waals surface area contributed by atoms with Gasteiger partial charge < -0.3 is 20.8 Å². The van der Waals surface area contributed by atoms with E-state index in [2.05, 4.69) is 10.6 Å². The molecule has 158 valence electrons. The van der Waals surface area contributed by atoms with Crippen LogP contribution in [0, 0.1) is 0 Å². The van der Waals surface area contributed by atoms with Crippen molar-refractivity contribution in [1.82, 2.24) is 10.6 Å². The first-order chi connectivity index (χ1) is 12.1. The van der Waals surface area contributed by atoms with Gasteiger partial charge in [-0.25, -0.2) is 9.59 Å². The van der Waals surface area contributed by atoms with E-state index in [1.807, 2.05) is 13.8 Å². The van der Waals surface area contributed by atoms with Crippen LogP contribution in [0.25, 0.3) is 0 Å². The van der Waals surface area contributed by atoms with Gasteiger partial charge in [-0.2, -0.15) is 0 Å². The van der Waals surface area contributed by atoms with E-state index in [0.717, 1.165) is 13.2 Å². The molecular formula is C16H32N2O8Ti. The topological polar surface area (TPSA) is 151 Å². The minimum atomic E-state index is -1.45. The van der Waals surface area contributed by atoms with Gasteiger partial charge in [0.25, 0.3) is 0 Å². The second kappa shape index (κ2) is 15.6. The van der Waals surface area contributed by atoms with Crippen LogP contribution in [0.1, 0.15) is 55.4 Å². The van der Waals surface area contributed by atoms with E-state index in [0.29, 0.717) is 0 Å². The van der Waals surface area contributed by atoms with Crippen molar-refractivity contribution in [3.05, 3.63) is 0 Å². The fourth-order valence-corrected chi connectivity index (χ4v) is 1.45. The third-order valence-electron chi connectivity index (χ3n) is 1.77. The molecule has 0 aromatic heterocycles. The zero-order chi connectivity index (χ0) is 22.3. The molecule has 0 saturated heterocycles. The van der Waals surface area contributed by atoms with Gasteiger partial charge in [-0.1, -0.05) is 0 Å². The molecule has 0 bridgehead atoms. The molecule has 2 amide bonds. The molecule has 0 atom stereocenters. The molecule has 0 aromatic rings. The third-order valence-corrected chi connectivity index (χ3v) is 3.04. The molecule has 4 N–H and O–H groups in total.